The summed E-state index contributed by atoms with van der Waals surface area (Å²) < 4.78 is 2.32. The Morgan fingerprint density at radius 1 is 1.13 bits per heavy atom. The average molecular weight is 228 g/mol. The first-order chi connectivity index (χ1) is 6.86. The van der Waals surface area contributed by atoms with Gasteiger partial charge in [-0.25, -0.2) is 4.57 Å². The summed E-state index contributed by atoms with van der Waals surface area (Å²) in [6.45, 7) is 5.65. The van der Waals surface area contributed by atoms with Gasteiger partial charge in [0.2, 0.25) is 0 Å². The molecule has 0 unspecified atom stereocenters. The van der Waals surface area contributed by atoms with Crippen LogP contribution >= 0.6 is 0 Å². The molecule has 0 aromatic carbocycles. The second-order valence-corrected chi connectivity index (χ2v) is 3.91. The number of hydrogen-bond acceptors (Lipinski definition) is 0. The number of rotatable bonds is 6. The molecule has 0 aliphatic heterocycles. The lowest BCUT2D eigenvalue weighted by atomic mass is 10.2. The fourth-order valence-electron chi connectivity index (χ4n) is 1.70. The maximum absolute atomic E-state index is 2.32. The lowest BCUT2D eigenvalue weighted by molar-refractivity contribution is -0.697. The zero-order valence-corrected chi connectivity index (χ0v) is 10.6. The van der Waals surface area contributed by atoms with E-state index in [9.17, 15) is 0 Å². The van der Waals surface area contributed by atoms with Crippen molar-refractivity contribution in [2.75, 3.05) is 0 Å². The fraction of sp³-hybridized carbons (Fsp3) is 0.615. The molecule has 1 heterocycles. The third-order valence-corrected chi connectivity index (χ3v) is 2.48. The highest BCUT2D eigenvalue weighted by molar-refractivity contribution is 5.04. The molecule has 86 valence electrons. The van der Waals surface area contributed by atoms with Crippen molar-refractivity contribution < 1.29 is 17.0 Å². The molecule has 1 aromatic heterocycles. The lowest BCUT2D eigenvalue weighted by Gasteiger charge is -1.99. The Balaban J connectivity index is 0.00000196. The summed E-state index contributed by atoms with van der Waals surface area (Å²) in [6.07, 6.45) is 10.8. The molecular formula is C13H22ClN. The third-order valence-electron chi connectivity index (χ3n) is 2.48. The van der Waals surface area contributed by atoms with E-state index in [2.05, 4.69) is 42.9 Å². The predicted molar refractivity (Wildman–Crippen MR) is 60.2 cm³/mol. The largest absolute Gasteiger partial charge is 1.00 e. The van der Waals surface area contributed by atoms with Gasteiger partial charge in [0.05, 0.1) is 0 Å². The van der Waals surface area contributed by atoms with Crippen molar-refractivity contribution in [3.05, 3.63) is 30.1 Å². The molecule has 0 spiro atoms. The number of nitrogens with zero attached hydrogens (tertiary/aromatic N) is 1. The van der Waals surface area contributed by atoms with Gasteiger partial charge in [0.25, 0.3) is 0 Å². The molecule has 0 atom stereocenters. The number of hydrogen-bond donors (Lipinski definition) is 0. The first kappa shape index (κ1) is 14.4. The average Bonchev–Trinajstić information content (AvgIpc) is 2.19. The van der Waals surface area contributed by atoms with Crippen LogP contribution in [0.15, 0.2) is 24.5 Å². The molecule has 0 bridgehead atoms. The van der Waals surface area contributed by atoms with Crippen LogP contribution in [0.5, 0.6) is 0 Å². The minimum Gasteiger partial charge on any atom is -1.00 e. The van der Waals surface area contributed by atoms with Gasteiger partial charge < -0.3 is 12.4 Å². The molecule has 1 aromatic rings. The van der Waals surface area contributed by atoms with Crippen molar-refractivity contribution in [1.82, 2.24) is 0 Å². The zero-order chi connectivity index (χ0) is 10.2. The number of pyridine rings is 1. The minimum atomic E-state index is 0. The van der Waals surface area contributed by atoms with E-state index in [1.807, 2.05) is 0 Å². The summed E-state index contributed by atoms with van der Waals surface area (Å²) in [5, 5.41) is 0. The number of aryl methyl sites for hydroxylation is 2. The molecule has 0 amide bonds. The van der Waals surface area contributed by atoms with E-state index >= 15 is 0 Å². The van der Waals surface area contributed by atoms with Crippen molar-refractivity contribution >= 4 is 0 Å². The number of unbranched alkanes of at least 4 members (excludes halogenated alkanes) is 2. The Hall–Kier alpha value is -0.560. The smallest absolute Gasteiger partial charge is 0.171 e. The maximum atomic E-state index is 2.32. The number of halogens is 1. The van der Waals surface area contributed by atoms with E-state index < -0.39 is 0 Å². The number of aromatic nitrogens is 1. The Morgan fingerprint density at radius 2 is 1.93 bits per heavy atom. The van der Waals surface area contributed by atoms with Crippen molar-refractivity contribution in [2.24, 2.45) is 0 Å². The van der Waals surface area contributed by atoms with Crippen LogP contribution in [-0.2, 0) is 13.0 Å². The molecule has 1 rings (SSSR count). The highest BCUT2D eigenvalue weighted by atomic mass is 35.5. The van der Waals surface area contributed by atoms with Crippen LogP contribution in [0.1, 0.15) is 45.1 Å². The summed E-state index contributed by atoms with van der Waals surface area (Å²) in [6, 6.07) is 4.39. The standard InChI is InChI=1S/C13H22N.ClH/c1-3-5-6-10-14-11-7-9-13(12-14)8-4-2;/h7,9,11-12H,3-6,8,10H2,1-2H3;1H/q+1;/p-1. The van der Waals surface area contributed by atoms with Crippen molar-refractivity contribution in [3.8, 4) is 0 Å². The second kappa shape index (κ2) is 8.72. The van der Waals surface area contributed by atoms with Crippen molar-refractivity contribution in [3.63, 3.8) is 0 Å². The normalized spacial score (nSPS) is 9.73. The first-order valence-electron chi connectivity index (χ1n) is 5.84. The van der Waals surface area contributed by atoms with Gasteiger partial charge in [0.15, 0.2) is 12.4 Å². The highest BCUT2D eigenvalue weighted by Gasteiger charge is 2.01. The van der Waals surface area contributed by atoms with Gasteiger partial charge in [-0.2, -0.15) is 0 Å². The zero-order valence-electron chi connectivity index (χ0n) is 9.88. The SMILES string of the molecule is CCCCC[n+]1cccc(CCC)c1.[Cl-]. The van der Waals surface area contributed by atoms with E-state index in [1.165, 1.54) is 44.2 Å². The quantitative estimate of drug-likeness (QED) is 0.480. The Bertz CT molecular complexity index is 260. The molecular weight excluding hydrogens is 206 g/mol. The predicted octanol–water partition coefficient (Wildman–Crippen LogP) is 0.121. The summed E-state index contributed by atoms with van der Waals surface area (Å²) in [7, 11) is 0. The van der Waals surface area contributed by atoms with Crippen LogP contribution in [-0.4, -0.2) is 0 Å². The van der Waals surface area contributed by atoms with Gasteiger partial charge in [-0.05, 0) is 18.9 Å². The van der Waals surface area contributed by atoms with E-state index in [-0.39, 0.29) is 12.4 Å². The summed E-state index contributed by atoms with van der Waals surface area (Å²) >= 11 is 0. The van der Waals surface area contributed by atoms with Crippen LogP contribution in [0.25, 0.3) is 0 Å². The van der Waals surface area contributed by atoms with Gasteiger partial charge in [-0.3, -0.25) is 0 Å². The Labute approximate surface area is 99.9 Å². The highest BCUT2D eigenvalue weighted by Crippen LogP contribution is 1.99. The molecule has 0 N–H and O–H groups in total. The van der Waals surface area contributed by atoms with Gasteiger partial charge in [0.1, 0.15) is 6.54 Å². The maximum Gasteiger partial charge on any atom is 0.171 e. The van der Waals surface area contributed by atoms with Gasteiger partial charge >= 0.3 is 0 Å². The molecule has 0 saturated carbocycles. The van der Waals surface area contributed by atoms with E-state index in [0.29, 0.717) is 0 Å². The minimum absolute atomic E-state index is 0. The van der Waals surface area contributed by atoms with Gasteiger partial charge in [-0.15, -0.1) is 0 Å². The van der Waals surface area contributed by atoms with Crippen LogP contribution in [0.4, 0.5) is 0 Å². The van der Waals surface area contributed by atoms with Gasteiger partial charge in [-0.1, -0.05) is 26.7 Å². The fourth-order valence-corrected chi connectivity index (χ4v) is 1.70. The van der Waals surface area contributed by atoms with E-state index in [0.717, 1.165) is 0 Å². The first-order valence-corrected chi connectivity index (χ1v) is 5.84. The van der Waals surface area contributed by atoms with Crippen LogP contribution in [0.2, 0.25) is 0 Å². The summed E-state index contributed by atoms with van der Waals surface area (Å²) in [5.41, 5.74) is 1.46. The molecule has 0 fully saturated rings. The summed E-state index contributed by atoms with van der Waals surface area (Å²) in [5.74, 6) is 0. The molecule has 0 aliphatic rings. The molecule has 2 heteroatoms. The van der Waals surface area contributed by atoms with Crippen molar-refractivity contribution in [2.45, 2.75) is 52.5 Å². The van der Waals surface area contributed by atoms with Gasteiger partial charge in [0, 0.05) is 18.1 Å². The van der Waals surface area contributed by atoms with Crippen molar-refractivity contribution in [1.29, 1.82) is 0 Å². The Morgan fingerprint density at radius 3 is 2.60 bits per heavy atom. The van der Waals surface area contributed by atoms with Crippen LogP contribution in [0.3, 0.4) is 0 Å². The molecule has 0 aliphatic carbocycles. The molecule has 0 radical (unpaired) electrons. The van der Waals surface area contributed by atoms with Crippen LogP contribution < -0.4 is 17.0 Å². The molecule has 0 saturated heterocycles. The van der Waals surface area contributed by atoms with E-state index in [1.54, 1.807) is 0 Å². The van der Waals surface area contributed by atoms with Crippen LogP contribution in [0, 0.1) is 0 Å². The topological polar surface area (TPSA) is 3.88 Å². The molecule has 1 nitrogen and oxygen atoms in total. The summed E-state index contributed by atoms with van der Waals surface area (Å²) in [4.78, 5) is 0. The van der Waals surface area contributed by atoms with E-state index in [4.69, 9.17) is 0 Å². The monoisotopic (exact) mass is 227 g/mol. The molecule has 15 heavy (non-hydrogen) atoms. The second-order valence-electron chi connectivity index (χ2n) is 3.91. The Kier molecular flexibility index (Phi) is 8.40. The third kappa shape index (κ3) is 5.78. The lowest BCUT2D eigenvalue weighted by Crippen LogP contribution is -3.00.